The summed E-state index contributed by atoms with van der Waals surface area (Å²) in [4.78, 5) is 0.305. The first-order valence-electron chi connectivity index (χ1n) is 7.05. The van der Waals surface area contributed by atoms with Crippen LogP contribution in [-0.4, -0.2) is 26.8 Å². The highest BCUT2D eigenvalue weighted by molar-refractivity contribution is 7.92. The van der Waals surface area contributed by atoms with Crippen molar-refractivity contribution in [1.29, 1.82) is 0 Å². The zero-order chi connectivity index (χ0) is 15.3. The van der Waals surface area contributed by atoms with Crippen molar-refractivity contribution in [2.24, 2.45) is 5.73 Å². The predicted octanol–water partition coefficient (Wildman–Crippen LogP) is 2.59. The van der Waals surface area contributed by atoms with E-state index in [1.807, 2.05) is 0 Å². The number of hydrogen-bond donors (Lipinski definition) is 1. The lowest BCUT2D eigenvalue weighted by molar-refractivity contribution is 0.318. The third kappa shape index (κ3) is 4.04. The lowest BCUT2D eigenvalue weighted by Crippen LogP contribution is -2.17. The zero-order valence-corrected chi connectivity index (χ0v) is 12.6. The van der Waals surface area contributed by atoms with Gasteiger partial charge in [0.1, 0.15) is 18.2 Å². The van der Waals surface area contributed by atoms with E-state index in [4.69, 9.17) is 10.5 Å². The van der Waals surface area contributed by atoms with Gasteiger partial charge < -0.3 is 10.5 Å². The molecule has 0 unspecified atom stereocenters. The first-order chi connectivity index (χ1) is 10.0. The quantitative estimate of drug-likeness (QED) is 0.876. The second kappa shape index (κ2) is 7.04. The molecule has 0 saturated heterocycles. The van der Waals surface area contributed by atoms with E-state index in [1.54, 1.807) is 12.1 Å². The third-order valence-electron chi connectivity index (χ3n) is 3.61. The predicted molar refractivity (Wildman–Crippen MR) is 79.6 cm³/mol. The molecule has 0 radical (unpaired) electrons. The van der Waals surface area contributed by atoms with Crippen LogP contribution in [0.5, 0.6) is 5.75 Å². The molecule has 2 N–H and O–H groups in total. The number of sulfone groups is 1. The van der Waals surface area contributed by atoms with E-state index in [2.05, 4.69) is 0 Å². The van der Waals surface area contributed by atoms with Crippen molar-refractivity contribution in [2.75, 3.05) is 13.2 Å². The van der Waals surface area contributed by atoms with Crippen LogP contribution < -0.4 is 10.5 Å². The summed E-state index contributed by atoms with van der Waals surface area (Å²) >= 11 is 0. The smallest absolute Gasteiger partial charge is 0.181 e. The third-order valence-corrected chi connectivity index (χ3v) is 5.89. The largest absolute Gasteiger partial charge is 0.487 e. The maximum absolute atomic E-state index is 13.1. The van der Waals surface area contributed by atoms with E-state index in [0.717, 1.165) is 25.7 Å². The number of benzene rings is 1. The van der Waals surface area contributed by atoms with Gasteiger partial charge in [0.2, 0.25) is 0 Å². The van der Waals surface area contributed by atoms with Crippen molar-refractivity contribution >= 4 is 9.84 Å². The molecule has 1 aromatic rings. The number of halogens is 1. The molecule has 6 heteroatoms. The Morgan fingerprint density at radius 1 is 1.29 bits per heavy atom. The van der Waals surface area contributed by atoms with Gasteiger partial charge in [-0.05, 0) is 43.2 Å². The van der Waals surface area contributed by atoms with Gasteiger partial charge in [0.25, 0.3) is 0 Å². The molecule has 0 atom stereocenters. The number of nitrogens with two attached hydrogens (primary N) is 1. The maximum atomic E-state index is 13.1. The molecule has 2 rings (SSSR count). The Morgan fingerprint density at radius 3 is 2.48 bits per heavy atom. The van der Waals surface area contributed by atoms with Gasteiger partial charge in [-0.15, -0.1) is 0 Å². The van der Waals surface area contributed by atoms with Crippen LogP contribution in [0.3, 0.4) is 0 Å². The van der Waals surface area contributed by atoms with E-state index in [-0.39, 0.29) is 18.4 Å². The van der Waals surface area contributed by atoms with Gasteiger partial charge in [-0.1, -0.05) is 12.8 Å². The van der Waals surface area contributed by atoms with Gasteiger partial charge in [-0.3, -0.25) is 0 Å². The van der Waals surface area contributed by atoms with Gasteiger partial charge >= 0.3 is 0 Å². The molecule has 0 aliphatic heterocycles. The summed E-state index contributed by atoms with van der Waals surface area (Å²) < 4.78 is 43.1. The molecule has 4 nitrogen and oxygen atoms in total. The summed E-state index contributed by atoms with van der Waals surface area (Å²) in [6, 6.07) is 6.15. The Balaban J connectivity index is 2.03. The highest BCUT2D eigenvalue weighted by Crippen LogP contribution is 2.30. The molecule has 0 spiro atoms. The SMILES string of the molecule is NC/C=C(\F)COc1ccc(S(=O)(=O)C2CCCC2)cc1. The van der Waals surface area contributed by atoms with Crippen molar-refractivity contribution in [3.05, 3.63) is 36.2 Å². The Bertz CT molecular complexity index is 590. The van der Waals surface area contributed by atoms with Crippen LogP contribution in [0.15, 0.2) is 41.1 Å². The number of hydrogen-bond acceptors (Lipinski definition) is 4. The Hall–Kier alpha value is -1.40. The fraction of sp³-hybridized carbons (Fsp3) is 0.467. The normalized spacial score (nSPS) is 17.1. The Labute approximate surface area is 124 Å². The van der Waals surface area contributed by atoms with E-state index < -0.39 is 15.7 Å². The highest BCUT2D eigenvalue weighted by atomic mass is 32.2. The summed E-state index contributed by atoms with van der Waals surface area (Å²) in [5.41, 5.74) is 5.19. The molecular formula is C15H20FNO3S. The summed E-state index contributed by atoms with van der Waals surface area (Å²) in [5, 5.41) is -0.269. The summed E-state index contributed by atoms with van der Waals surface area (Å²) in [6.45, 7) is -0.0836. The first-order valence-corrected chi connectivity index (χ1v) is 8.60. The second-order valence-electron chi connectivity index (χ2n) is 5.10. The lowest BCUT2D eigenvalue weighted by Gasteiger charge is -2.11. The lowest BCUT2D eigenvalue weighted by atomic mass is 10.3. The van der Waals surface area contributed by atoms with Crippen molar-refractivity contribution in [2.45, 2.75) is 35.8 Å². The van der Waals surface area contributed by atoms with Gasteiger partial charge in [0.15, 0.2) is 9.84 Å². The van der Waals surface area contributed by atoms with Crippen molar-refractivity contribution in [1.82, 2.24) is 0 Å². The van der Waals surface area contributed by atoms with E-state index in [9.17, 15) is 12.8 Å². The molecule has 0 amide bonds. The van der Waals surface area contributed by atoms with Crippen LogP contribution in [-0.2, 0) is 9.84 Å². The van der Waals surface area contributed by atoms with Crippen molar-refractivity contribution < 1.29 is 17.5 Å². The topological polar surface area (TPSA) is 69.4 Å². The highest BCUT2D eigenvalue weighted by Gasteiger charge is 2.30. The number of rotatable bonds is 6. The standard InChI is InChI=1S/C15H20FNO3S/c16-12(9-10-17)11-20-13-5-7-15(8-6-13)21(18,19)14-3-1-2-4-14/h5-9,14H,1-4,10-11,17H2/b12-9-. The minimum absolute atomic E-state index is 0.119. The van der Waals surface area contributed by atoms with Crippen LogP contribution in [0.2, 0.25) is 0 Å². The van der Waals surface area contributed by atoms with Crippen molar-refractivity contribution in [3.63, 3.8) is 0 Å². The minimum atomic E-state index is -3.25. The Kier molecular flexibility index (Phi) is 5.36. The average Bonchev–Trinajstić information content (AvgIpc) is 3.01. The first kappa shape index (κ1) is 16.0. The molecule has 0 bridgehead atoms. The van der Waals surface area contributed by atoms with Crippen LogP contribution in [0.1, 0.15) is 25.7 Å². The molecular weight excluding hydrogens is 293 g/mol. The van der Waals surface area contributed by atoms with Gasteiger partial charge in [0.05, 0.1) is 10.1 Å². The molecule has 116 valence electrons. The van der Waals surface area contributed by atoms with Crippen LogP contribution in [0.25, 0.3) is 0 Å². The van der Waals surface area contributed by atoms with Crippen LogP contribution in [0, 0.1) is 0 Å². The van der Waals surface area contributed by atoms with E-state index >= 15 is 0 Å². The monoisotopic (exact) mass is 313 g/mol. The molecule has 0 heterocycles. The van der Waals surface area contributed by atoms with Crippen molar-refractivity contribution in [3.8, 4) is 5.75 Å². The van der Waals surface area contributed by atoms with Gasteiger partial charge in [-0.25, -0.2) is 12.8 Å². The zero-order valence-electron chi connectivity index (χ0n) is 11.8. The second-order valence-corrected chi connectivity index (χ2v) is 7.33. The Morgan fingerprint density at radius 2 is 1.90 bits per heavy atom. The summed E-state index contributed by atoms with van der Waals surface area (Å²) in [6.07, 6.45) is 4.64. The fourth-order valence-electron chi connectivity index (χ4n) is 2.46. The molecule has 0 aromatic heterocycles. The van der Waals surface area contributed by atoms with E-state index in [1.165, 1.54) is 18.2 Å². The van der Waals surface area contributed by atoms with Crippen LogP contribution in [0.4, 0.5) is 4.39 Å². The fourth-order valence-corrected chi connectivity index (χ4v) is 4.31. The maximum Gasteiger partial charge on any atom is 0.181 e. The average molecular weight is 313 g/mol. The van der Waals surface area contributed by atoms with Gasteiger partial charge in [0, 0.05) is 6.54 Å². The molecule has 1 saturated carbocycles. The van der Waals surface area contributed by atoms with E-state index in [0.29, 0.717) is 10.6 Å². The van der Waals surface area contributed by atoms with Gasteiger partial charge in [-0.2, -0.15) is 0 Å². The molecule has 1 fully saturated rings. The minimum Gasteiger partial charge on any atom is -0.487 e. The number of ether oxygens (including phenoxy) is 1. The van der Waals surface area contributed by atoms with Crippen LogP contribution >= 0.6 is 0 Å². The molecule has 1 aliphatic carbocycles. The summed E-state index contributed by atoms with van der Waals surface area (Å²) in [5.74, 6) is -0.0129. The molecule has 21 heavy (non-hydrogen) atoms. The summed E-state index contributed by atoms with van der Waals surface area (Å²) in [7, 11) is -3.25. The molecule has 1 aromatic carbocycles. The molecule has 1 aliphatic rings.